The first-order chi connectivity index (χ1) is 10.5. The lowest BCUT2D eigenvalue weighted by Crippen LogP contribution is -2.49. The maximum absolute atomic E-state index is 12.3. The second kappa shape index (κ2) is 7.72. The lowest BCUT2D eigenvalue weighted by atomic mass is 10.1. The predicted molar refractivity (Wildman–Crippen MR) is 89.2 cm³/mol. The molecular weight excluding hydrogens is 278 g/mol. The molecule has 0 unspecified atom stereocenters. The quantitative estimate of drug-likeness (QED) is 0.857. The van der Waals surface area contributed by atoms with Gasteiger partial charge in [-0.25, -0.2) is 0 Å². The molecule has 0 aliphatic carbocycles. The third kappa shape index (κ3) is 4.53. The van der Waals surface area contributed by atoms with Gasteiger partial charge in [-0.15, -0.1) is 0 Å². The Kier molecular flexibility index (Phi) is 5.94. The summed E-state index contributed by atoms with van der Waals surface area (Å²) in [6, 6.07) is 4.19. The van der Waals surface area contributed by atoms with E-state index in [1.165, 1.54) is 5.56 Å². The molecule has 1 saturated heterocycles. The maximum atomic E-state index is 12.3. The highest BCUT2D eigenvalue weighted by atomic mass is 16.3. The van der Waals surface area contributed by atoms with E-state index in [-0.39, 0.29) is 12.5 Å². The van der Waals surface area contributed by atoms with Crippen LogP contribution in [0.3, 0.4) is 0 Å². The summed E-state index contributed by atoms with van der Waals surface area (Å²) in [6.45, 7) is 11.1. The summed E-state index contributed by atoms with van der Waals surface area (Å²) in [5, 5.41) is 12.0. The standard InChI is InChI=1S/C17H27N3O2/c1-13-10-14(2)17(15(3)11-13)18-16(22)12-20-6-4-19(5-7-20)8-9-21/h10-11,21H,4-9,12H2,1-3H3,(H,18,22). The molecule has 2 rings (SSSR count). The van der Waals surface area contributed by atoms with Crippen LogP contribution in [0.1, 0.15) is 16.7 Å². The number of rotatable bonds is 5. The summed E-state index contributed by atoms with van der Waals surface area (Å²) >= 11 is 0. The molecular formula is C17H27N3O2. The number of aliphatic hydroxyl groups excluding tert-OH is 1. The first-order valence-electron chi connectivity index (χ1n) is 7.93. The van der Waals surface area contributed by atoms with Crippen molar-refractivity contribution in [2.45, 2.75) is 20.8 Å². The molecule has 1 fully saturated rings. The van der Waals surface area contributed by atoms with Crippen LogP contribution in [0.5, 0.6) is 0 Å². The molecule has 1 heterocycles. The van der Waals surface area contributed by atoms with Gasteiger partial charge in [-0.2, -0.15) is 0 Å². The van der Waals surface area contributed by atoms with Crippen molar-refractivity contribution in [2.75, 3.05) is 51.2 Å². The average molecular weight is 305 g/mol. The van der Waals surface area contributed by atoms with E-state index in [1.54, 1.807) is 0 Å². The van der Waals surface area contributed by atoms with Gasteiger partial charge in [0.2, 0.25) is 5.91 Å². The molecule has 22 heavy (non-hydrogen) atoms. The van der Waals surface area contributed by atoms with Gasteiger partial charge in [0.1, 0.15) is 0 Å². The van der Waals surface area contributed by atoms with Crippen molar-refractivity contribution in [3.05, 3.63) is 28.8 Å². The Labute approximate surface area is 132 Å². The Morgan fingerprint density at radius 2 is 1.64 bits per heavy atom. The third-order valence-electron chi connectivity index (χ3n) is 4.19. The number of β-amino-alcohol motifs (C(OH)–C–C–N with tert-alkyl or cyclic N) is 1. The second-order valence-electron chi connectivity index (χ2n) is 6.16. The Morgan fingerprint density at radius 3 is 2.18 bits per heavy atom. The topological polar surface area (TPSA) is 55.8 Å². The van der Waals surface area contributed by atoms with Crippen LogP contribution in [0.2, 0.25) is 0 Å². The molecule has 0 atom stereocenters. The molecule has 2 N–H and O–H groups in total. The molecule has 1 aromatic rings. The number of carbonyl (C=O) groups excluding carboxylic acids is 1. The highest BCUT2D eigenvalue weighted by Crippen LogP contribution is 2.21. The Balaban J connectivity index is 1.87. The van der Waals surface area contributed by atoms with Crippen LogP contribution < -0.4 is 5.32 Å². The van der Waals surface area contributed by atoms with E-state index < -0.39 is 0 Å². The molecule has 0 spiro atoms. The van der Waals surface area contributed by atoms with Crippen molar-refractivity contribution in [2.24, 2.45) is 0 Å². The molecule has 0 saturated carbocycles. The van der Waals surface area contributed by atoms with Crippen LogP contribution in [0.4, 0.5) is 5.69 Å². The van der Waals surface area contributed by atoms with Gasteiger partial charge in [0.15, 0.2) is 0 Å². The van der Waals surface area contributed by atoms with Crippen molar-refractivity contribution in [3.8, 4) is 0 Å². The molecule has 1 aliphatic heterocycles. The first kappa shape index (κ1) is 16.9. The van der Waals surface area contributed by atoms with Gasteiger partial charge < -0.3 is 10.4 Å². The van der Waals surface area contributed by atoms with E-state index in [9.17, 15) is 4.79 Å². The third-order valence-corrected chi connectivity index (χ3v) is 4.19. The van der Waals surface area contributed by atoms with E-state index in [4.69, 9.17) is 5.11 Å². The number of amides is 1. The van der Waals surface area contributed by atoms with Crippen LogP contribution in [0.25, 0.3) is 0 Å². The zero-order valence-electron chi connectivity index (χ0n) is 13.9. The predicted octanol–water partition coefficient (Wildman–Crippen LogP) is 1.16. The van der Waals surface area contributed by atoms with E-state index in [1.807, 2.05) is 13.8 Å². The SMILES string of the molecule is Cc1cc(C)c(NC(=O)CN2CCN(CCO)CC2)c(C)c1. The Hall–Kier alpha value is -1.43. The van der Waals surface area contributed by atoms with E-state index in [2.05, 4.69) is 34.2 Å². The number of nitrogens with zero attached hydrogens (tertiary/aromatic N) is 2. The van der Waals surface area contributed by atoms with Gasteiger partial charge in [-0.05, 0) is 31.9 Å². The fourth-order valence-corrected chi connectivity index (χ4v) is 3.07. The molecule has 5 heteroatoms. The molecule has 1 amide bonds. The Bertz CT molecular complexity index is 500. The highest BCUT2D eigenvalue weighted by molar-refractivity contribution is 5.93. The summed E-state index contributed by atoms with van der Waals surface area (Å²) in [7, 11) is 0. The van der Waals surface area contributed by atoms with Gasteiger partial charge in [0, 0.05) is 38.4 Å². The smallest absolute Gasteiger partial charge is 0.238 e. The number of hydrogen-bond acceptors (Lipinski definition) is 4. The number of piperazine rings is 1. The minimum atomic E-state index is 0.0469. The van der Waals surface area contributed by atoms with Crippen molar-refractivity contribution < 1.29 is 9.90 Å². The number of benzene rings is 1. The molecule has 1 aromatic carbocycles. The number of aliphatic hydroxyl groups is 1. The van der Waals surface area contributed by atoms with Gasteiger partial charge in [0.05, 0.1) is 13.2 Å². The normalized spacial score (nSPS) is 16.7. The minimum absolute atomic E-state index is 0.0469. The summed E-state index contributed by atoms with van der Waals surface area (Å²) in [4.78, 5) is 16.7. The molecule has 122 valence electrons. The zero-order chi connectivity index (χ0) is 16.1. The lowest BCUT2D eigenvalue weighted by Gasteiger charge is -2.33. The van der Waals surface area contributed by atoms with Crippen molar-refractivity contribution in [3.63, 3.8) is 0 Å². The van der Waals surface area contributed by atoms with Crippen LogP contribution in [-0.2, 0) is 4.79 Å². The van der Waals surface area contributed by atoms with E-state index >= 15 is 0 Å². The second-order valence-corrected chi connectivity index (χ2v) is 6.16. The first-order valence-corrected chi connectivity index (χ1v) is 7.93. The summed E-state index contributed by atoms with van der Waals surface area (Å²) < 4.78 is 0. The molecule has 0 aromatic heterocycles. The zero-order valence-corrected chi connectivity index (χ0v) is 13.9. The van der Waals surface area contributed by atoms with Gasteiger partial charge in [0.25, 0.3) is 0 Å². The monoisotopic (exact) mass is 305 g/mol. The van der Waals surface area contributed by atoms with Crippen LogP contribution in [0.15, 0.2) is 12.1 Å². The molecule has 0 radical (unpaired) electrons. The largest absolute Gasteiger partial charge is 0.395 e. The fourth-order valence-electron chi connectivity index (χ4n) is 3.07. The van der Waals surface area contributed by atoms with E-state index in [0.717, 1.165) is 49.5 Å². The van der Waals surface area contributed by atoms with Crippen LogP contribution in [0, 0.1) is 20.8 Å². The molecule has 5 nitrogen and oxygen atoms in total. The number of carbonyl (C=O) groups is 1. The number of anilines is 1. The van der Waals surface area contributed by atoms with Gasteiger partial charge in [-0.1, -0.05) is 17.7 Å². The summed E-state index contributed by atoms with van der Waals surface area (Å²) in [5.74, 6) is 0.0469. The summed E-state index contributed by atoms with van der Waals surface area (Å²) in [5.41, 5.74) is 4.37. The number of aryl methyl sites for hydroxylation is 3. The molecule has 1 aliphatic rings. The van der Waals surface area contributed by atoms with Crippen molar-refractivity contribution in [1.82, 2.24) is 9.80 Å². The van der Waals surface area contributed by atoms with E-state index in [0.29, 0.717) is 6.54 Å². The van der Waals surface area contributed by atoms with Crippen molar-refractivity contribution >= 4 is 11.6 Å². The van der Waals surface area contributed by atoms with Crippen LogP contribution in [-0.4, -0.2) is 66.7 Å². The van der Waals surface area contributed by atoms with Gasteiger partial charge in [-0.3, -0.25) is 14.6 Å². The highest BCUT2D eigenvalue weighted by Gasteiger charge is 2.19. The fraction of sp³-hybridized carbons (Fsp3) is 0.588. The van der Waals surface area contributed by atoms with Crippen molar-refractivity contribution in [1.29, 1.82) is 0 Å². The summed E-state index contributed by atoms with van der Waals surface area (Å²) in [6.07, 6.45) is 0. The van der Waals surface area contributed by atoms with Crippen LogP contribution >= 0.6 is 0 Å². The number of hydrogen-bond donors (Lipinski definition) is 2. The average Bonchev–Trinajstić information content (AvgIpc) is 2.45. The van der Waals surface area contributed by atoms with Gasteiger partial charge >= 0.3 is 0 Å². The minimum Gasteiger partial charge on any atom is -0.395 e. The lowest BCUT2D eigenvalue weighted by molar-refractivity contribution is -0.117. The Morgan fingerprint density at radius 1 is 1.09 bits per heavy atom. The number of nitrogens with one attached hydrogen (secondary N) is 1. The maximum Gasteiger partial charge on any atom is 0.238 e. The molecule has 0 bridgehead atoms.